The number of aromatic hydroxyl groups is 1. The number of pyridine rings is 1. The van der Waals surface area contributed by atoms with Gasteiger partial charge < -0.3 is 9.63 Å². The Morgan fingerprint density at radius 2 is 2.08 bits per heavy atom. The second kappa shape index (κ2) is 9.75. The van der Waals surface area contributed by atoms with Crippen LogP contribution in [-0.4, -0.2) is 14.8 Å². The fraction of sp³-hybridized carbons (Fsp3) is 0.438. The molecular weight excluding hydrogens is 369 g/mol. The van der Waals surface area contributed by atoms with Gasteiger partial charge in [0.2, 0.25) is 11.7 Å². The number of aromatic nitrogens is 2. The van der Waals surface area contributed by atoms with Crippen LogP contribution in [0, 0.1) is 25.2 Å². The molecular formula is C16H21N5NiO3+2. The molecule has 0 saturated carbocycles. The molecule has 0 aromatic carbocycles. The van der Waals surface area contributed by atoms with Crippen molar-refractivity contribution in [1.29, 1.82) is 5.26 Å². The van der Waals surface area contributed by atoms with E-state index in [4.69, 9.17) is 4.52 Å². The summed E-state index contributed by atoms with van der Waals surface area (Å²) in [5.74, 6) is 0.465. The molecule has 0 aliphatic rings. The number of nitriles is 1. The van der Waals surface area contributed by atoms with E-state index in [0.717, 1.165) is 11.0 Å². The first-order chi connectivity index (χ1) is 11.0. The molecule has 25 heavy (non-hydrogen) atoms. The summed E-state index contributed by atoms with van der Waals surface area (Å²) in [6, 6.07) is 3.47. The van der Waals surface area contributed by atoms with Crippen LogP contribution in [0.3, 0.4) is 0 Å². The van der Waals surface area contributed by atoms with E-state index in [1.165, 1.54) is 0 Å². The summed E-state index contributed by atoms with van der Waals surface area (Å²) in [4.78, 5) is 12.5. The standard InChI is InChI=1S/C15H17N5O3.CH4.Ni/c1-4-5-6-20-14(21)11(8-16)10(3)13(15(20)22)18-17-12-7-9(2)23-19-12;;/h7,21H,4-6H2,1-3H3;1H4;/q;;+2. The predicted molar refractivity (Wildman–Crippen MR) is 88.9 cm³/mol. The fourth-order valence-corrected chi connectivity index (χ4v) is 2.08. The van der Waals surface area contributed by atoms with Gasteiger partial charge in [-0.1, -0.05) is 25.9 Å². The predicted octanol–water partition coefficient (Wildman–Crippen LogP) is 3.88. The SMILES string of the molecule is C.CCCCn1c(O)c(C#N)c(C)c(N=Nc2cc(C)on2)c1=O.[Ni+2]. The largest absolute Gasteiger partial charge is 2.00 e. The van der Waals surface area contributed by atoms with Crippen LogP contribution < -0.4 is 5.56 Å². The summed E-state index contributed by atoms with van der Waals surface area (Å²) in [7, 11) is 0. The average Bonchev–Trinajstić information content (AvgIpc) is 2.93. The van der Waals surface area contributed by atoms with Crippen molar-refractivity contribution in [1.82, 2.24) is 9.72 Å². The van der Waals surface area contributed by atoms with Gasteiger partial charge in [0.25, 0.3) is 5.56 Å². The van der Waals surface area contributed by atoms with E-state index in [2.05, 4.69) is 15.4 Å². The number of azo groups is 1. The fourth-order valence-electron chi connectivity index (χ4n) is 2.08. The van der Waals surface area contributed by atoms with Gasteiger partial charge in [0, 0.05) is 18.2 Å². The molecule has 1 N–H and O–H groups in total. The van der Waals surface area contributed by atoms with Gasteiger partial charge in [0.05, 0.1) is 0 Å². The molecule has 0 amide bonds. The van der Waals surface area contributed by atoms with Crippen molar-refractivity contribution in [2.75, 3.05) is 0 Å². The van der Waals surface area contributed by atoms with Crippen molar-refractivity contribution in [3.63, 3.8) is 0 Å². The van der Waals surface area contributed by atoms with E-state index in [-0.39, 0.29) is 52.4 Å². The minimum Gasteiger partial charge on any atom is -0.493 e. The van der Waals surface area contributed by atoms with Gasteiger partial charge >= 0.3 is 16.5 Å². The van der Waals surface area contributed by atoms with E-state index in [1.807, 2.05) is 13.0 Å². The van der Waals surface area contributed by atoms with Crippen LogP contribution in [0.15, 0.2) is 25.6 Å². The van der Waals surface area contributed by atoms with E-state index in [9.17, 15) is 15.2 Å². The van der Waals surface area contributed by atoms with Crippen LogP contribution in [-0.2, 0) is 23.0 Å². The zero-order valence-electron chi connectivity index (χ0n) is 13.5. The molecule has 0 radical (unpaired) electrons. The molecule has 0 spiro atoms. The second-order valence-corrected chi connectivity index (χ2v) is 5.09. The number of nitrogens with zero attached hydrogens (tertiary/aromatic N) is 5. The van der Waals surface area contributed by atoms with E-state index < -0.39 is 5.56 Å². The van der Waals surface area contributed by atoms with E-state index in [0.29, 0.717) is 18.7 Å². The third-order valence-corrected chi connectivity index (χ3v) is 3.37. The summed E-state index contributed by atoms with van der Waals surface area (Å²) in [6.45, 7) is 5.53. The summed E-state index contributed by atoms with van der Waals surface area (Å²) >= 11 is 0. The first-order valence-corrected chi connectivity index (χ1v) is 7.21. The first kappa shape index (κ1) is 22.5. The molecule has 2 rings (SSSR count). The molecule has 0 fully saturated rings. The van der Waals surface area contributed by atoms with Crippen LogP contribution >= 0.6 is 0 Å². The maximum Gasteiger partial charge on any atom is 2.00 e. The van der Waals surface area contributed by atoms with Crippen molar-refractivity contribution < 1.29 is 26.1 Å². The molecule has 2 aromatic rings. The normalized spacial score (nSPS) is 10.2. The third-order valence-electron chi connectivity index (χ3n) is 3.37. The summed E-state index contributed by atoms with van der Waals surface area (Å²) in [5, 5.41) is 30.8. The Morgan fingerprint density at radius 1 is 1.40 bits per heavy atom. The quantitative estimate of drug-likeness (QED) is 0.614. The van der Waals surface area contributed by atoms with Gasteiger partial charge in [-0.2, -0.15) is 5.26 Å². The molecule has 136 valence electrons. The van der Waals surface area contributed by atoms with Gasteiger partial charge in [-0.15, -0.1) is 10.2 Å². The minimum atomic E-state index is -0.489. The van der Waals surface area contributed by atoms with Gasteiger partial charge in [0.15, 0.2) is 5.69 Å². The third kappa shape index (κ3) is 4.77. The second-order valence-electron chi connectivity index (χ2n) is 5.09. The number of unbranched alkanes of at least 4 members (excludes halogenated alkanes) is 1. The molecule has 2 heterocycles. The maximum absolute atomic E-state index is 12.5. The molecule has 0 saturated heterocycles. The first-order valence-electron chi connectivity index (χ1n) is 7.21. The van der Waals surface area contributed by atoms with Crippen molar-refractivity contribution in [2.24, 2.45) is 10.2 Å². The Balaban J connectivity index is 0.00000288. The molecule has 2 aromatic heterocycles. The van der Waals surface area contributed by atoms with Crippen LogP contribution in [0.1, 0.15) is 44.1 Å². The minimum absolute atomic E-state index is 0. The summed E-state index contributed by atoms with van der Waals surface area (Å²) in [5.41, 5.74) is -0.176. The molecule has 0 aliphatic heterocycles. The van der Waals surface area contributed by atoms with Gasteiger partial charge in [0.1, 0.15) is 17.4 Å². The van der Waals surface area contributed by atoms with E-state index >= 15 is 0 Å². The maximum atomic E-state index is 12.5. The topological polar surface area (TPSA) is 117 Å². The number of aryl methyl sites for hydroxylation is 1. The number of hydrogen-bond acceptors (Lipinski definition) is 7. The molecule has 0 bridgehead atoms. The number of hydrogen-bond donors (Lipinski definition) is 1. The Morgan fingerprint density at radius 3 is 2.60 bits per heavy atom. The average molecular weight is 390 g/mol. The summed E-state index contributed by atoms with van der Waals surface area (Å²) < 4.78 is 6.03. The van der Waals surface area contributed by atoms with Crippen molar-refractivity contribution in [3.05, 3.63) is 33.3 Å². The van der Waals surface area contributed by atoms with Crippen LogP contribution in [0.2, 0.25) is 0 Å². The van der Waals surface area contributed by atoms with Crippen LogP contribution in [0.5, 0.6) is 5.88 Å². The Hall–Kier alpha value is -2.46. The molecule has 9 heteroatoms. The van der Waals surface area contributed by atoms with Crippen molar-refractivity contribution in [3.8, 4) is 11.9 Å². The molecule has 0 unspecified atom stereocenters. The zero-order valence-corrected chi connectivity index (χ0v) is 14.5. The van der Waals surface area contributed by atoms with Crippen molar-refractivity contribution >= 4 is 11.5 Å². The Bertz CT molecular complexity index is 849. The Labute approximate surface area is 156 Å². The monoisotopic (exact) mass is 389 g/mol. The van der Waals surface area contributed by atoms with Crippen LogP contribution in [0.4, 0.5) is 11.5 Å². The van der Waals surface area contributed by atoms with E-state index in [1.54, 1.807) is 19.9 Å². The van der Waals surface area contributed by atoms with Gasteiger partial charge in [-0.05, 0) is 20.3 Å². The van der Waals surface area contributed by atoms with Gasteiger partial charge in [-0.3, -0.25) is 9.36 Å². The van der Waals surface area contributed by atoms with Crippen LogP contribution in [0.25, 0.3) is 0 Å². The molecule has 8 nitrogen and oxygen atoms in total. The zero-order chi connectivity index (χ0) is 17.0. The number of rotatable bonds is 5. The molecule has 0 aliphatic carbocycles. The molecule has 0 atom stereocenters. The van der Waals surface area contributed by atoms with Crippen molar-refractivity contribution in [2.45, 2.75) is 47.6 Å². The Kier molecular flexibility index (Phi) is 8.79. The summed E-state index contributed by atoms with van der Waals surface area (Å²) in [6.07, 6.45) is 1.54. The smallest absolute Gasteiger partial charge is 0.493 e. The van der Waals surface area contributed by atoms with Gasteiger partial charge in [-0.25, -0.2) is 0 Å².